The SMILES string of the molecule is CN1CCN(C(=O)c2cnccc2CN2C(=O)N(c3ccc(S(=O)(=O)C(F)(F)F)cc3)C(=O)C2(C)C)CC1. The van der Waals surface area contributed by atoms with Crippen molar-refractivity contribution in [1.29, 1.82) is 0 Å². The lowest BCUT2D eigenvalue weighted by Crippen LogP contribution is -2.47. The minimum Gasteiger partial charge on any atom is -0.336 e. The lowest BCUT2D eigenvalue weighted by molar-refractivity contribution is -0.123. The molecule has 10 nitrogen and oxygen atoms in total. The molecule has 2 fully saturated rings. The number of hydrogen-bond acceptors (Lipinski definition) is 7. The number of anilines is 1. The summed E-state index contributed by atoms with van der Waals surface area (Å²) in [5.41, 5.74) is -6.17. The summed E-state index contributed by atoms with van der Waals surface area (Å²) in [6, 6.07) is 4.18. The first kappa shape index (κ1) is 27.5. The van der Waals surface area contributed by atoms with Crippen LogP contribution < -0.4 is 4.90 Å². The molecule has 2 aliphatic heterocycles. The summed E-state index contributed by atoms with van der Waals surface area (Å²) < 4.78 is 62.0. The molecule has 0 unspecified atom stereocenters. The van der Waals surface area contributed by atoms with Crippen molar-refractivity contribution < 1.29 is 36.0 Å². The highest BCUT2D eigenvalue weighted by Gasteiger charge is 2.52. The number of halogens is 3. The van der Waals surface area contributed by atoms with Gasteiger partial charge in [-0.25, -0.2) is 18.1 Å². The molecule has 1 aromatic heterocycles. The smallest absolute Gasteiger partial charge is 0.336 e. The number of pyridine rings is 1. The fraction of sp³-hybridized carbons (Fsp3) is 0.417. The van der Waals surface area contributed by atoms with E-state index in [0.29, 0.717) is 49.4 Å². The number of alkyl halides is 3. The number of carbonyl (C=O) groups is 3. The van der Waals surface area contributed by atoms with Crippen molar-refractivity contribution in [3.8, 4) is 0 Å². The summed E-state index contributed by atoms with van der Waals surface area (Å²) in [6.45, 7) is 5.41. The van der Waals surface area contributed by atoms with Gasteiger partial charge in [0.05, 0.1) is 16.1 Å². The Morgan fingerprint density at radius 1 is 1.03 bits per heavy atom. The summed E-state index contributed by atoms with van der Waals surface area (Å²) in [5.74, 6) is -0.898. The van der Waals surface area contributed by atoms with Crippen LogP contribution in [0.25, 0.3) is 0 Å². The number of sulfone groups is 1. The molecule has 2 aliphatic rings. The van der Waals surface area contributed by atoms with Crippen LogP contribution in [-0.2, 0) is 21.2 Å². The number of urea groups is 1. The molecule has 2 aromatic rings. The molecule has 14 heteroatoms. The number of imide groups is 1. The summed E-state index contributed by atoms with van der Waals surface area (Å²) >= 11 is 0. The zero-order valence-corrected chi connectivity index (χ0v) is 21.7. The van der Waals surface area contributed by atoms with Gasteiger partial charge >= 0.3 is 11.5 Å². The predicted molar refractivity (Wildman–Crippen MR) is 130 cm³/mol. The Bertz CT molecular complexity index is 1370. The van der Waals surface area contributed by atoms with Crippen molar-refractivity contribution in [2.24, 2.45) is 0 Å². The van der Waals surface area contributed by atoms with E-state index in [9.17, 15) is 36.0 Å². The second kappa shape index (κ2) is 9.66. The quantitative estimate of drug-likeness (QED) is 0.523. The molecule has 4 rings (SSSR count). The first-order valence-electron chi connectivity index (χ1n) is 11.6. The maximum atomic E-state index is 13.4. The maximum absolute atomic E-state index is 13.4. The van der Waals surface area contributed by atoms with Gasteiger partial charge in [-0.1, -0.05) is 0 Å². The van der Waals surface area contributed by atoms with Gasteiger partial charge in [0.2, 0.25) is 0 Å². The molecular formula is C24H26F3N5O5S. The van der Waals surface area contributed by atoms with Crippen LogP contribution >= 0.6 is 0 Å². The molecule has 0 bridgehead atoms. The monoisotopic (exact) mass is 553 g/mol. The van der Waals surface area contributed by atoms with Crippen molar-refractivity contribution in [3.05, 3.63) is 53.9 Å². The van der Waals surface area contributed by atoms with Crippen LogP contribution in [0.5, 0.6) is 0 Å². The third-order valence-corrected chi connectivity index (χ3v) is 8.30. The molecule has 0 spiro atoms. The van der Waals surface area contributed by atoms with Crippen molar-refractivity contribution in [2.45, 2.75) is 36.3 Å². The highest BCUT2D eigenvalue weighted by Crippen LogP contribution is 2.36. The van der Waals surface area contributed by atoms with Crippen LogP contribution in [0.1, 0.15) is 29.8 Å². The number of rotatable bonds is 5. The van der Waals surface area contributed by atoms with E-state index in [1.54, 1.807) is 11.0 Å². The summed E-state index contributed by atoms with van der Waals surface area (Å²) in [5, 5.41) is 0. The fourth-order valence-corrected chi connectivity index (χ4v) is 5.10. The molecule has 0 atom stereocenters. The number of benzene rings is 1. The van der Waals surface area contributed by atoms with Crippen LogP contribution in [-0.4, -0.2) is 90.2 Å². The van der Waals surface area contributed by atoms with E-state index in [1.807, 2.05) is 7.05 Å². The number of aromatic nitrogens is 1. The largest absolute Gasteiger partial charge is 0.501 e. The van der Waals surface area contributed by atoms with E-state index >= 15 is 0 Å². The highest BCUT2D eigenvalue weighted by atomic mass is 32.2. The van der Waals surface area contributed by atoms with Gasteiger partial charge in [-0.15, -0.1) is 0 Å². The zero-order valence-electron chi connectivity index (χ0n) is 20.9. The Labute approximate surface area is 217 Å². The van der Waals surface area contributed by atoms with Gasteiger partial charge in [0.1, 0.15) is 5.54 Å². The van der Waals surface area contributed by atoms with E-state index in [0.717, 1.165) is 17.0 Å². The molecule has 4 amide bonds. The van der Waals surface area contributed by atoms with Gasteiger partial charge in [0, 0.05) is 45.1 Å². The van der Waals surface area contributed by atoms with Gasteiger partial charge in [0.25, 0.3) is 21.7 Å². The first-order valence-corrected chi connectivity index (χ1v) is 13.1. The average Bonchev–Trinajstić information content (AvgIpc) is 3.03. The number of likely N-dealkylation sites (N-methyl/N-ethyl adjacent to an activating group) is 1. The number of carbonyl (C=O) groups excluding carboxylic acids is 3. The van der Waals surface area contributed by atoms with Gasteiger partial charge < -0.3 is 14.7 Å². The Kier molecular flexibility index (Phi) is 6.99. The third-order valence-electron chi connectivity index (χ3n) is 6.79. The maximum Gasteiger partial charge on any atom is 0.501 e. The Balaban J connectivity index is 1.61. The molecule has 38 heavy (non-hydrogen) atoms. The topological polar surface area (TPSA) is 111 Å². The van der Waals surface area contributed by atoms with Crippen LogP contribution in [0.4, 0.5) is 23.7 Å². The Morgan fingerprint density at radius 2 is 1.63 bits per heavy atom. The minimum atomic E-state index is -5.59. The van der Waals surface area contributed by atoms with Gasteiger partial charge in [-0.05, 0) is 56.8 Å². The normalized spacial score (nSPS) is 18.8. The van der Waals surface area contributed by atoms with Crippen molar-refractivity contribution in [1.82, 2.24) is 19.7 Å². The predicted octanol–water partition coefficient (Wildman–Crippen LogP) is 2.51. The van der Waals surface area contributed by atoms with Crippen LogP contribution in [0.3, 0.4) is 0 Å². The second-order valence-corrected chi connectivity index (χ2v) is 11.6. The van der Waals surface area contributed by atoms with Crippen molar-refractivity contribution in [2.75, 3.05) is 38.1 Å². The molecule has 0 aliphatic carbocycles. The zero-order chi connectivity index (χ0) is 28.0. The minimum absolute atomic E-state index is 0.0832. The van der Waals surface area contributed by atoms with E-state index in [-0.39, 0.29) is 18.1 Å². The number of piperazine rings is 1. The average molecular weight is 554 g/mol. The summed E-state index contributed by atoms with van der Waals surface area (Å²) in [4.78, 5) is 48.8. The van der Waals surface area contributed by atoms with E-state index in [1.165, 1.54) is 31.1 Å². The molecule has 0 N–H and O–H groups in total. The first-order chi connectivity index (χ1) is 17.7. The van der Waals surface area contributed by atoms with E-state index in [4.69, 9.17) is 0 Å². The summed E-state index contributed by atoms with van der Waals surface area (Å²) in [7, 11) is -3.62. The van der Waals surface area contributed by atoms with E-state index < -0.39 is 37.7 Å². The lowest BCUT2D eigenvalue weighted by atomic mass is 10.0. The number of hydrogen-bond donors (Lipinski definition) is 0. The van der Waals surface area contributed by atoms with Crippen molar-refractivity contribution >= 4 is 33.4 Å². The number of nitrogens with zero attached hydrogens (tertiary/aromatic N) is 5. The molecule has 3 heterocycles. The lowest BCUT2D eigenvalue weighted by Gasteiger charge is -2.33. The van der Waals surface area contributed by atoms with E-state index in [2.05, 4.69) is 9.88 Å². The highest BCUT2D eigenvalue weighted by molar-refractivity contribution is 7.92. The molecular weight excluding hydrogens is 527 g/mol. The van der Waals surface area contributed by atoms with Crippen LogP contribution in [0.15, 0.2) is 47.6 Å². The summed E-state index contributed by atoms with van der Waals surface area (Å²) in [6.07, 6.45) is 2.89. The molecule has 1 aromatic carbocycles. The third kappa shape index (κ3) is 4.73. The molecule has 2 saturated heterocycles. The fourth-order valence-electron chi connectivity index (χ4n) is 4.34. The van der Waals surface area contributed by atoms with Crippen molar-refractivity contribution in [3.63, 3.8) is 0 Å². The second-order valence-electron chi connectivity index (χ2n) is 9.64. The van der Waals surface area contributed by atoms with Gasteiger partial charge in [-0.2, -0.15) is 13.2 Å². The molecule has 0 radical (unpaired) electrons. The number of amides is 4. The molecule has 0 saturated carbocycles. The van der Waals surface area contributed by atoms with Crippen LogP contribution in [0, 0.1) is 0 Å². The standard InChI is InChI=1S/C24H26F3N5O5S/c1-23(2)21(34)32(17-4-6-18(7-5-17)38(36,37)24(25,26)27)22(35)31(23)15-16-8-9-28-14-19(16)20(33)30-12-10-29(3)11-13-30/h4-9,14H,10-13,15H2,1-3H3. The Morgan fingerprint density at radius 3 is 2.21 bits per heavy atom. The molecule has 204 valence electrons. The van der Waals surface area contributed by atoms with Crippen LogP contribution in [0.2, 0.25) is 0 Å². The Hall–Kier alpha value is -3.52. The van der Waals surface area contributed by atoms with Gasteiger partial charge in [0.15, 0.2) is 0 Å². The van der Waals surface area contributed by atoms with Gasteiger partial charge in [-0.3, -0.25) is 14.6 Å².